The molecule has 0 radical (unpaired) electrons. The Morgan fingerprint density at radius 3 is 2.35 bits per heavy atom. The third-order valence-electron chi connectivity index (χ3n) is 4.70. The summed E-state index contributed by atoms with van der Waals surface area (Å²) in [6.07, 6.45) is 8.77. The zero-order chi connectivity index (χ0) is 15.8. The van der Waals surface area contributed by atoms with E-state index in [1.165, 1.54) is 73.3 Å². The summed E-state index contributed by atoms with van der Waals surface area (Å²) >= 11 is 0. The van der Waals surface area contributed by atoms with Gasteiger partial charge in [-0.1, -0.05) is 6.08 Å². The van der Waals surface area contributed by atoms with E-state index in [1.54, 1.807) is 6.92 Å². The van der Waals surface area contributed by atoms with Crippen LogP contribution in [0.2, 0.25) is 0 Å². The van der Waals surface area contributed by atoms with E-state index < -0.39 is 0 Å². The van der Waals surface area contributed by atoms with Gasteiger partial charge in [-0.15, -0.1) is 0 Å². The first-order valence-electron chi connectivity index (χ1n) is 8.40. The Hall–Kier alpha value is -2.29. The first-order valence-corrected chi connectivity index (χ1v) is 8.40. The lowest BCUT2D eigenvalue weighted by Gasteiger charge is -2.37. The normalized spacial score (nSPS) is 16.7. The third kappa shape index (κ3) is 2.83. The van der Waals surface area contributed by atoms with Crippen LogP contribution in [0.1, 0.15) is 41.1 Å². The van der Waals surface area contributed by atoms with Gasteiger partial charge in [-0.05, 0) is 67.5 Å². The van der Waals surface area contributed by atoms with E-state index in [-0.39, 0.29) is 5.43 Å². The Balaban J connectivity index is 1.70. The van der Waals surface area contributed by atoms with Gasteiger partial charge in [0.25, 0.3) is 0 Å². The molecule has 0 bridgehead atoms. The van der Waals surface area contributed by atoms with Crippen LogP contribution in [0.3, 0.4) is 0 Å². The fourth-order valence-corrected chi connectivity index (χ4v) is 3.81. The molecule has 1 aromatic heterocycles. The number of anilines is 1. The zero-order valence-corrected chi connectivity index (χ0v) is 13.5. The van der Waals surface area contributed by atoms with Gasteiger partial charge in [0, 0.05) is 30.9 Å². The molecule has 118 valence electrons. The first kappa shape index (κ1) is 14.3. The van der Waals surface area contributed by atoms with Gasteiger partial charge in [-0.25, -0.2) is 0 Å². The second kappa shape index (κ2) is 5.73. The van der Waals surface area contributed by atoms with Crippen LogP contribution in [0.4, 0.5) is 5.69 Å². The average Bonchev–Trinajstić information content (AvgIpc) is 2.53. The Kier molecular flexibility index (Phi) is 3.56. The van der Waals surface area contributed by atoms with E-state index in [4.69, 9.17) is 4.42 Å². The number of benzene rings is 1. The van der Waals surface area contributed by atoms with Gasteiger partial charge >= 0.3 is 0 Å². The Bertz CT molecular complexity index is 801. The number of hydrogen-bond donors (Lipinski definition) is 0. The lowest BCUT2D eigenvalue weighted by molar-refractivity contribution is 0.505. The molecule has 0 aliphatic carbocycles. The van der Waals surface area contributed by atoms with Crippen LogP contribution < -0.4 is 10.3 Å². The molecule has 3 nitrogen and oxygen atoms in total. The SMILES string of the molecule is Cc1cc(=O)cc(C=Cc2cc3c4c(c2)CCCN4CCC3)o1. The van der Waals surface area contributed by atoms with Crippen molar-refractivity contribution in [2.45, 2.75) is 32.6 Å². The molecule has 2 aliphatic rings. The quantitative estimate of drug-likeness (QED) is 0.846. The maximum Gasteiger partial charge on any atom is 0.185 e. The Labute approximate surface area is 136 Å². The number of hydrogen-bond acceptors (Lipinski definition) is 3. The van der Waals surface area contributed by atoms with Crippen LogP contribution in [-0.4, -0.2) is 13.1 Å². The molecule has 0 amide bonds. The van der Waals surface area contributed by atoms with E-state index in [0.717, 1.165) is 0 Å². The molecule has 0 N–H and O–H groups in total. The van der Waals surface area contributed by atoms with Crippen LogP contribution in [0.15, 0.2) is 33.5 Å². The van der Waals surface area contributed by atoms with E-state index in [9.17, 15) is 4.79 Å². The summed E-state index contributed by atoms with van der Waals surface area (Å²) in [6, 6.07) is 7.63. The first-order chi connectivity index (χ1) is 11.2. The molecule has 3 heterocycles. The number of nitrogens with zero attached hydrogens (tertiary/aromatic N) is 1. The predicted octanol–water partition coefficient (Wildman–Crippen LogP) is 3.82. The van der Waals surface area contributed by atoms with Crippen LogP contribution in [-0.2, 0) is 12.8 Å². The minimum Gasteiger partial charge on any atom is -0.462 e. The summed E-state index contributed by atoms with van der Waals surface area (Å²) in [5.41, 5.74) is 5.62. The molecule has 3 heteroatoms. The average molecular weight is 307 g/mol. The highest BCUT2D eigenvalue weighted by molar-refractivity contribution is 5.73. The summed E-state index contributed by atoms with van der Waals surface area (Å²) < 4.78 is 5.58. The molecule has 0 spiro atoms. The number of aryl methyl sites for hydroxylation is 3. The second-order valence-corrected chi connectivity index (χ2v) is 6.52. The molecule has 0 unspecified atom stereocenters. The molecule has 2 aromatic rings. The maximum atomic E-state index is 11.6. The van der Waals surface area contributed by atoms with Gasteiger partial charge in [0.15, 0.2) is 5.43 Å². The van der Waals surface area contributed by atoms with Gasteiger partial charge in [-0.2, -0.15) is 0 Å². The highest BCUT2D eigenvalue weighted by Gasteiger charge is 2.23. The standard InChI is InChI=1S/C20H21NO2/c1-14-10-18(22)13-19(23-14)7-6-15-11-16-4-2-8-21-9-3-5-17(12-15)20(16)21/h6-7,10-13H,2-5,8-9H2,1H3. The van der Waals surface area contributed by atoms with Crippen molar-refractivity contribution >= 4 is 17.8 Å². The van der Waals surface area contributed by atoms with E-state index >= 15 is 0 Å². The van der Waals surface area contributed by atoms with Gasteiger partial charge in [0.1, 0.15) is 11.5 Å². The summed E-state index contributed by atoms with van der Waals surface area (Å²) in [4.78, 5) is 14.1. The minimum atomic E-state index is -0.00965. The van der Waals surface area contributed by atoms with Crippen molar-refractivity contribution in [2.24, 2.45) is 0 Å². The molecular weight excluding hydrogens is 286 g/mol. The van der Waals surface area contributed by atoms with E-state index in [1.807, 2.05) is 6.08 Å². The van der Waals surface area contributed by atoms with Crippen molar-refractivity contribution in [1.29, 1.82) is 0 Å². The van der Waals surface area contributed by atoms with Crippen LogP contribution in [0.25, 0.3) is 12.2 Å². The van der Waals surface area contributed by atoms with Crippen molar-refractivity contribution < 1.29 is 4.42 Å². The van der Waals surface area contributed by atoms with E-state index in [0.29, 0.717) is 11.5 Å². The van der Waals surface area contributed by atoms with Crippen molar-refractivity contribution in [3.8, 4) is 0 Å². The van der Waals surface area contributed by atoms with Crippen LogP contribution in [0, 0.1) is 6.92 Å². The number of rotatable bonds is 2. The lowest BCUT2D eigenvalue weighted by Crippen LogP contribution is -2.34. The summed E-state index contributed by atoms with van der Waals surface area (Å²) in [6.45, 7) is 4.20. The molecule has 0 saturated carbocycles. The van der Waals surface area contributed by atoms with Crippen molar-refractivity contribution in [3.05, 3.63) is 62.7 Å². The highest BCUT2D eigenvalue weighted by atomic mass is 16.3. The van der Waals surface area contributed by atoms with Crippen molar-refractivity contribution in [1.82, 2.24) is 0 Å². The van der Waals surface area contributed by atoms with Gasteiger partial charge < -0.3 is 9.32 Å². The smallest absolute Gasteiger partial charge is 0.185 e. The molecule has 0 saturated heterocycles. The van der Waals surface area contributed by atoms with Crippen molar-refractivity contribution in [2.75, 3.05) is 18.0 Å². The van der Waals surface area contributed by atoms with Crippen LogP contribution >= 0.6 is 0 Å². The third-order valence-corrected chi connectivity index (χ3v) is 4.70. The lowest BCUT2D eigenvalue weighted by atomic mass is 9.90. The fraction of sp³-hybridized carbons (Fsp3) is 0.350. The van der Waals surface area contributed by atoms with Crippen LogP contribution in [0.5, 0.6) is 0 Å². The Morgan fingerprint density at radius 2 is 1.70 bits per heavy atom. The highest BCUT2D eigenvalue weighted by Crippen LogP contribution is 2.36. The monoisotopic (exact) mass is 307 g/mol. The largest absolute Gasteiger partial charge is 0.462 e. The summed E-state index contributed by atoms with van der Waals surface area (Å²) in [5, 5.41) is 0. The molecule has 2 aliphatic heterocycles. The molecule has 4 rings (SSSR count). The zero-order valence-electron chi connectivity index (χ0n) is 13.5. The summed E-state index contributed by atoms with van der Waals surface area (Å²) in [7, 11) is 0. The van der Waals surface area contributed by atoms with Crippen molar-refractivity contribution in [3.63, 3.8) is 0 Å². The summed E-state index contributed by atoms with van der Waals surface area (Å²) in [5.74, 6) is 1.26. The predicted molar refractivity (Wildman–Crippen MR) is 93.9 cm³/mol. The van der Waals surface area contributed by atoms with Gasteiger partial charge in [0.05, 0.1) is 0 Å². The minimum absolute atomic E-state index is 0.00965. The molecular formula is C20H21NO2. The molecule has 0 atom stereocenters. The maximum absolute atomic E-state index is 11.6. The van der Waals surface area contributed by atoms with Gasteiger partial charge in [-0.3, -0.25) is 4.79 Å². The van der Waals surface area contributed by atoms with Gasteiger partial charge in [0.2, 0.25) is 0 Å². The topological polar surface area (TPSA) is 33.5 Å². The fourth-order valence-electron chi connectivity index (χ4n) is 3.81. The molecule has 0 fully saturated rings. The van der Waals surface area contributed by atoms with E-state index in [2.05, 4.69) is 23.1 Å². The molecule has 23 heavy (non-hydrogen) atoms. The second-order valence-electron chi connectivity index (χ2n) is 6.52. The molecule has 1 aromatic carbocycles. The Morgan fingerprint density at radius 1 is 1.00 bits per heavy atom.